The second-order valence-electron chi connectivity index (χ2n) is 4.86. The van der Waals surface area contributed by atoms with E-state index in [4.69, 9.17) is 17.4 Å². The fraction of sp³-hybridized carbons (Fsp3) is 0.0667. The maximum atomic E-state index is 11.0. The summed E-state index contributed by atoms with van der Waals surface area (Å²) >= 11 is 7.15. The molecule has 0 spiro atoms. The zero-order valence-electron chi connectivity index (χ0n) is 12.3. The van der Waals surface area contributed by atoms with E-state index in [1.54, 1.807) is 42.5 Å². The van der Waals surface area contributed by atoms with Crippen molar-refractivity contribution in [3.05, 3.63) is 69.2 Å². The molecule has 1 heterocycles. The van der Waals surface area contributed by atoms with Gasteiger partial charge in [0.1, 0.15) is 0 Å². The predicted molar refractivity (Wildman–Crippen MR) is 93.3 cm³/mol. The molecule has 0 unspecified atom stereocenters. The van der Waals surface area contributed by atoms with E-state index in [9.17, 15) is 10.1 Å². The molecule has 0 amide bonds. The molecule has 0 fully saturated rings. The molecule has 3 aromatic rings. The summed E-state index contributed by atoms with van der Waals surface area (Å²) in [6.45, 7) is 0. The maximum absolute atomic E-state index is 11.0. The van der Waals surface area contributed by atoms with Crippen molar-refractivity contribution in [2.24, 2.45) is 0 Å². The number of nitrogen functional groups attached to an aromatic ring is 1. The third-order valence-corrected chi connectivity index (χ3v) is 4.56. The summed E-state index contributed by atoms with van der Waals surface area (Å²) in [7, 11) is 0. The monoisotopic (exact) mass is 361 g/mol. The molecule has 2 N–H and O–H groups in total. The van der Waals surface area contributed by atoms with Crippen LogP contribution in [-0.4, -0.2) is 19.8 Å². The quantitative estimate of drug-likeness (QED) is 0.323. The Hall–Kier alpha value is -2.58. The van der Waals surface area contributed by atoms with Gasteiger partial charge in [-0.15, -0.1) is 10.2 Å². The number of nitro benzene ring substituents is 1. The number of thioether (sulfide) groups is 1. The van der Waals surface area contributed by atoms with Crippen LogP contribution in [0.15, 0.2) is 53.7 Å². The average Bonchev–Trinajstić information content (AvgIpc) is 2.95. The first-order valence-electron chi connectivity index (χ1n) is 6.88. The highest BCUT2D eigenvalue weighted by atomic mass is 35.5. The molecule has 0 aliphatic rings. The minimum absolute atomic E-state index is 0.0750. The summed E-state index contributed by atoms with van der Waals surface area (Å²) in [5.41, 5.74) is 1.46. The molecule has 1 aromatic heterocycles. The van der Waals surface area contributed by atoms with Gasteiger partial charge in [0.2, 0.25) is 5.16 Å². The van der Waals surface area contributed by atoms with Gasteiger partial charge in [-0.3, -0.25) is 10.1 Å². The predicted octanol–water partition coefficient (Wildman–Crippen LogP) is 3.51. The van der Waals surface area contributed by atoms with Gasteiger partial charge in [0.25, 0.3) is 5.69 Å². The number of hydrogen-bond donors (Lipinski definition) is 1. The summed E-state index contributed by atoms with van der Waals surface area (Å²) in [5, 5.41) is 20.3. The van der Waals surface area contributed by atoms with Crippen molar-refractivity contribution < 1.29 is 4.92 Å². The van der Waals surface area contributed by atoms with Gasteiger partial charge >= 0.3 is 0 Å². The van der Waals surface area contributed by atoms with Crippen molar-refractivity contribution >= 4 is 29.1 Å². The number of nitrogens with zero attached hydrogens (tertiary/aromatic N) is 4. The van der Waals surface area contributed by atoms with E-state index in [0.29, 0.717) is 27.3 Å². The zero-order valence-corrected chi connectivity index (χ0v) is 13.9. The highest BCUT2D eigenvalue weighted by molar-refractivity contribution is 7.98. The molecular weight excluding hydrogens is 350 g/mol. The lowest BCUT2D eigenvalue weighted by Crippen LogP contribution is -2.11. The van der Waals surface area contributed by atoms with Crippen molar-refractivity contribution in [3.8, 4) is 11.4 Å². The minimum atomic E-state index is -0.401. The van der Waals surface area contributed by atoms with E-state index in [-0.39, 0.29) is 5.69 Å². The lowest BCUT2D eigenvalue weighted by Gasteiger charge is -2.04. The third-order valence-electron chi connectivity index (χ3n) is 3.31. The van der Waals surface area contributed by atoms with E-state index in [0.717, 1.165) is 5.56 Å². The highest BCUT2D eigenvalue weighted by Gasteiger charge is 2.16. The molecule has 0 atom stereocenters. The van der Waals surface area contributed by atoms with Crippen LogP contribution in [-0.2, 0) is 5.75 Å². The van der Waals surface area contributed by atoms with E-state index >= 15 is 0 Å². The number of nitro groups is 1. The molecule has 24 heavy (non-hydrogen) atoms. The molecule has 0 bridgehead atoms. The fourth-order valence-corrected chi connectivity index (χ4v) is 3.10. The van der Waals surface area contributed by atoms with Crippen LogP contribution in [0.2, 0.25) is 5.02 Å². The van der Waals surface area contributed by atoms with E-state index < -0.39 is 4.92 Å². The summed E-state index contributed by atoms with van der Waals surface area (Å²) in [4.78, 5) is 10.6. The van der Waals surface area contributed by atoms with Crippen LogP contribution in [0.1, 0.15) is 5.56 Å². The van der Waals surface area contributed by atoms with Crippen molar-refractivity contribution in [2.75, 3.05) is 5.84 Å². The van der Waals surface area contributed by atoms with Crippen LogP contribution >= 0.6 is 23.4 Å². The first-order valence-corrected chi connectivity index (χ1v) is 8.24. The Labute approximate surface area is 146 Å². The molecule has 0 saturated carbocycles. The SMILES string of the molecule is Nn1c(SCc2ccccc2[N+](=O)[O-])nnc1-c1ccc(Cl)cc1. The zero-order chi connectivity index (χ0) is 17.1. The maximum Gasteiger partial charge on any atom is 0.273 e. The van der Waals surface area contributed by atoms with E-state index in [1.165, 1.54) is 22.5 Å². The number of hydrogen-bond acceptors (Lipinski definition) is 6. The van der Waals surface area contributed by atoms with Crippen LogP contribution < -0.4 is 5.84 Å². The topological polar surface area (TPSA) is 99.9 Å². The van der Waals surface area contributed by atoms with Crippen molar-refractivity contribution in [1.82, 2.24) is 14.9 Å². The van der Waals surface area contributed by atoms with Crippen LogP contribution in [0.3, 0.4) is 0 Å². The second kappa shape index (κ2) is 6.90. The van der Waals surface area contributed by atoms with E-state index in [1.807, 2.05) is 0 Å². The number of para-hydroxylation sites is 1. The Morgan fingerprint density at radius 2 is 1.88 bits per heavy atom. The Balaban J connectivity index is 1.80. The Morgan fingerprint density at radius 3 is 2.58 bits per heavy atom. The van der Waals surface area contributed by atoms with Crippen molar-refractivity contribution in [1.29, 1.82) is 0 Å². The first kappa shape index (κ1) is 16.3. The van der Waals surface area contributed by atoms with Gasteiger partial charge in [-0.25, -0.2) is 4.68 Å². The first-order chi connectivity index (χ1) is 11.6. The van der Waals surface area contributed by atoms with Gasteiger partial charge in [-0.1, -0.05) is 41.6 Å². The Morgan fingerprint density at radius 1 is 1.17 bits per heavy atom. The smallest absolute Gasteiger partial charge is 0.273 e. The lowest BCUT2D eigenvalue weighted by molar-refractivity contribution is -0.385. The normalized spacial score (nSPS) is 10.7. The van der Waals surface area contributed by atoms with E-state index in [2.05, 4.69) is 10.2 Å². The minimum Gasteiger partial charge on any atom is -0.335 e. The molecule has 0 aliphatic carbocycles. The standard InChI is InChI=1S/C15H12ClN5O2S/c16-12-7-5-10(6-8-12)14-18-19-15(20(14)17)24-9-11-3-1-2-4-13(11)21(22)23/h1-8H,9,17H2. The van der Waals surface area contributed by atoms with Crippen LogP contribution in [0, 0.1) is 10.1 Å². The van der Waals surface area contributed by atoms with Gasteiger partial charge in [-0.05, 0) is 24.3 Å². The highest BCUT2D eigenvalue weighted by Crippen LogP contribution is 2.28. The summed E-state index contributed by atoms with van der Waals surface area (Å²) in [6.07, 6.45) is 0. The van der Waals surface area contributed by atoms with Gasteiger partial charge in [0, 0.05) is 28.0 Å². The summed E-state index contributed by atoms with van der Waals surface area (Å²) in [5.74, 6) is 6.90. The van der Waals surface area contributed by atoms with Crippen LogP contribution in [0.4, 0.5) is 5.69 Å². The Bertz CT molecular complexity index is 882. The van der Waals surface area contributed by atoms with Gasteiger partial charge in [-0.2, -0.15) is 0 Å². The molecule has 7 nitrogen and oxygen atoms in total. The van der Waals surface area contributed by atoms with Crippen LogP contribution in [0.5, 0.6) is 0 Å². The lowest BCUT2D eigenvalue weighted by atomic mass is 10.2. The molecule has 0 saturated heterocycles. The van der Waals surface area contributed by atoms with Gasteiger partial charge < -0.3 is 5.84 Å². The molecule has 2 aromatic carbocycles. The Kier molecular flexibility index (Phi) is 4.68. The molecule has 0 aliphatic heterocycles. The van der Waals surface area contributed by atoms with Gasteiger partial charge in [0.15, 0.2) is 5.82 Å². The summed E-state index contributed by atoms with van der Waals surface area (Å²) in [6, 6.07) is 13.7. The number of nitrogens with two attached hydrogens (primary N) is 1. The number of benzene rings is 2. The number of aromatic nitrogens is 3. The molecular formula is C15H12ClN5O2S. The van der Waals surface area contributed by atoms with Crippen molar-refractivity contribution in [3.63, 3.8) is 0 Å². The number of rotatable bonds is 5. The fourth-order valence-electron chi connectivity index (χ4n) is 2.12. The van der Waals surface area contributed by atoms with Gasteiger partial charge in [0.05, 0.1) is 4.92 Å². The molecule has 3 rings (SSSR count). The molecule has 122 valence electrons. The second-order valence-corrected chi connectivity index (χ2v) is 6.24. The molecule has 9 heteroatoms. The largest absolute Gasteiger partial charge is 0.335 e. The summed E-state index contributed by atoms with van der Waals surface area (Å²) < 4.78 is 1.36. The number of halogens is 1. The van der Waals surface area contributed by atoms with Crippen molar-refractivity contribution in [2.45, 2.75) is 10.9 Å². The third kappa shape index (κ3) is 3.34. The molecule has 0 radical (unpaired) electrons. The van der Waals surface area contributed by atoms with Crippen LogP contribution in [0.25, 0.3) is 11.4 Å². The average molecular weight is 362 g/mol.